The third kappa shape index (κ3) is 5.27. The Hall–Kier alpha value is -2.94. The van der Waals surface area contributed by atoms with Gasteiger partial charge in [0.2, 0.25) is 11.7 Å². The molecule has 2 saturated heterocycles. The number of nitrogens with zero attached hydrogens (tertiary/aromatic N) is 4. The summed E-state index contributed by atoms with van der Waals surface area (Å²) in [7, 11) is 2.05. The van der Waals surface area contributed by atoms with Gasteiger partial charge in [0.15, 0.2) is 0 Å². The maximum atomic E-state index is 13.3. The lowest BCUT2D eigenvalue weighted by Crippen LogP contribution is -2.51. The fourth-order valence-electron chi connectivity index (χ4n) is 4.26. The van der Waals surface area contributed by atoms with Gasteiger partial charge in [-0.25, -0.2) is 4.39 Å². The lowest BCUT2D eigenvalue weighted by Gasteiger charge is -2.39. The van der Waals surface area contributed by atoms with Crippen LogP contribution in [-0.2, 0) is 4.79 Å². The van der Waals surface area contributed by atoms with Crippen molar-refractivity contribution in [1.82, 2.24) is 19.9 Å². The molecular weight excluding hydrogens is 415 g/mol. The number of piperidine rings is 1. The summed E-state index contributed by atoms with van der Waals surface area (Å²) in [4.78, 5) is 31.7. The summed E-state index contributed by atoms with van der Waals surface area (Å²) in [6.45, 7) is 5.72. The second kappa shape index (κ2) is 9.68. The van der Waals surface area contributed by atoms with Crippen molar-refractivity contribution >= 4 is 11.8 Å². The average molecular weight is 445 g/mol. The van der Waals surface area contributed by atoms with Crippen molar-refractivity contribution in [2.24, 2.45) is 5.92 Å². The molecule has 2 amide bonds. The standard InChI is InChI=1S/C23H29FN4O4/c1-16-13-21(32-25-16)23(30)28-8-7-20(31-19-5-3-18(24)4-6-19)17(15-28)14-22(29)27-11-9-26(2)10-12-27/h3-6,13,17,20H,7-12,14-15H2,1-2H3/t17-,20-/m0/s1. The van der Waals surface area contributed by atoms with Crippen molar-refractivity contribution in [2.75, 3.05) is 46.3 Å². The summed E-state index contributed by atoms with van der Waals surface area (Å²) in [6.07, 6.45) is 0.600. The topological polar surface area (TPSA) is 79.1 Å². The van der Waals surface area contributed by atoms with Crippen LogP contribution in [0.3, 0.4) is 0 Å². The van der Waals surface area contributed by atoms with Gasteiger partial charge in [0.1, 0.15) is 17.7 Å². The highest BCUT2D eigenvalue weighted by molar-refractivity contribution is 5.91. The van der Waals surface area contributed by atoms with Crippen LogP contribution in [-0.4, -0.2) is 84.1 Å². The Morgan fingerprint density at radius 2 is 1.84 bits per heavy atom. The van der Waals surface area contributed by atoms with E-state index in [9.17, 15) is 14.0 Å². The molecule has 2 aliphatic rings. The predicted octanol–water partition coefficient (Wildman–Crippen LogP) is 2.20. The number of carbonyl (C=O) groups excluding carboxylic acids is 2. The summed E-state index contributed by atoms with van der Waals surface area (Å²) in [5, 5.41) is 3.80. The lowest BCUT2D eigenvalue weighted by atomic mass is 9.90. The summed E-state index contributed by atoms with van der Waals surface area (Å²) in [6, 6.07) is 7.50. The number of carbonyl (C=O) groups is 2. The zero-order chi connectivity index (χ0) is 22.7. The van der Waals surface area contributed by atoms with Gasteiger partial charge in [-0.1, -0.05) is 5.16 Å². The van der Waals surface area contributed by atoms with Gasteiger partial charge in [0.05, 0.1) is 5.69 Å². The minimum atomic E-state index is -0.332. The molecular formula is C23H29FN4O4. The van der Waals surface area contributed by atoms with Gasteiger partial charge in [0.25, 0.3) is 5.91 Å². The first-order valence-corrected chi connectivity index (χ1v) is 11.0. The Balaban J connectivity index is 1.47. The number of aryl methyl sites for hydroxylation is 1. The molecule has 1 aromatic heterocycles. The monoisotopic (exact) mass is 444 g/mol. The first-order valence-electron chi connectivity index (χ1n) is 11.0. The number of likely N-dealkylation sites (N-methyl/N-ethyl adjacent to an activating group) is 1. The van der Waals surface area contributed by atoms with E-state index in [0.29, 0.717) is 44.0 Å². The van der Waals surface area contributed by atoms with Gasteiger partial charge in [-0.3, -0.25) is 9.59 Å². The zero-order valence-electron chi connectivity index (χ0n) is 18.5. The van der Waals surface area contributed by atoms with E-state index in [1.807, 2.05) is 11.9 Å². The maximum Gasteiger partial charge on any atom is 0.292 e. The first-order chi connectivity index (χ1) is 15.4. The first kappa shape index (κ1) is 22.3. The number of hydrogen-bond acceptors (Lipinski definition) is 6. The number of hydrogen-bond donors (Lipinski definition) is 0. The quantitative estimate of drug-likeness (QED) is 0.704. The van der Waals surface area contributed by atoms with E-state index < -0.39 is 0 Å². The number of ether oxygens (including phenoxy) is 1. The van der Waals surface area contributed by atoms with E-state index in [1.54, 1.807) is 30.0 Å². The normalized spacial score (nSPS) is 22.1. The van der Waals surface area contributed by atoms with E-state index in [1.165, 1.54) is 12.1 Å². The summed E-state index contributed by atoms with van der Waals surface area (Å²) >= 11 is 0. The average Bonchev–Trinajstić information content (AvgIpc) is 3.22. The van der Waals surface area contributed by atoms with Crippen LogP contribution >= 0.6 is 0 Å². The van der Waals surface area contributed by atoms with Crippen LogP contribution < -0.4 is 4.74 Å². The minimum absolute atomic E-state index is 0.0700. The van der Waals surface area contributed by atoms with Crippen molar-refractivity contribution in [3.63, 3.8) is 0 Å². The molecule has 2 aliphatic heterocycles. The minimum Gasteiger partial charge on any atom is -0.490 e. The summed E-state index contributed by atoms with van der Waals surface area (Å²) in [5.41, 5.74) is 0.643. The number of piperazine rings is 1. The molecule has 0 spiro atoms. The molecule has 0 saturated carbocycles. The van der Waals surface area contributed by atoms with Crippen molar-refractivity contribution < 1.29 is 23.2 Å². The molecule has 3 heterocycles. The molecule has 0 N–H and O–H groups in total. The Kier molecular flexibility index (Phi) is 6.74. The SMILES string of the molecule is Cc1cc(C(=O)N2CC[C@H](Oc3ccc(F)cc3)[C@@H](CC(=O)N3CCN(C)CC3)C2)on1. The second-order valence-corrected chi connectivity index (χ2v) is 8.63. The number of aromatic nitrogens is 1. The predicted molar refractivity (Wildman–Crippen MR) is 115 cm³/mol. The van der Waals surface area contributed by atoms with Crippen LogP contribution in [0.5, 0.6) is 5.75 Å². The molecule has 172 valence electrons. The van der Waals surface area contributed by atoms with Gasteiger partial charge in [-0.05, 0) is 38.2 Å². The molecule has 2 fully saturated rings. The van der Waals surface area contributed by atoms with Gasteiger partial charge in [-0.2, -0.15) is 0 Å². The summed E-state index contributed by atoms with van der Waals surface area (Å²) in [5.74, 6) is 0.0722. The van der Waals surface area contributed by atoms with Gasteiger partial charge < -0.3 is 24.0 Å². The Morgan fingerprint density at radius 3 is 2.50 bits per heavy atom. The van der Waals surface area contributed by atoms with Crippen LogP contribution in [0.15, 0.2) is 34.9 Å². The molecule has 2 atom stereocenters. The molecule has 4 rings (SSSR count). The number of halogens is 1. The third-order valence-electron chi connectivity index (χ3n) is 6.18. The fourth-order valence-corrected chi connectivity index (χ4v) is 4.26. The van der Waals surface area contributed by atoms with Crippen LogP contribution in [0, 0.1) is 18.7 Å². The molecule has 9 heteroatoms. The number of likely N-dealkylation sites (tertiary alicyclic amines) is 1. The molecule has 1 aromatic carbocycles. The molecule has 32 heavy (non-hydrogen) atoms. The second-order valence-electron chi connectivity index (χ2n) is 8.63. The van der Waals surface area contributed by atoms with Crippen molar-refractivity contribution in [3.05, 3.63) is 47.6 Å². The van der Waals surface area contributed by atoms with Crippen molar-refractivity contribution in [1.29, 1.82) is 0 Å². The van der Waals surface area contributed by atoms with E-state index >= 15 is 0 Å². The summed E-state index contributed by atoms with van der Waals surface area (Å²) < 4.78 is 24.6. The smallest absolute Gasteiger partial charge is 0.292 e. The van der Waals surface area contributed by atoms with Crippen molar-refractivity contribution in [3.8, 4) is 5.75 Å². The van der Waals surface area contributed by atoms with Crippen molar-refractivity contribution in [2.45, 2.75) is 25.9 Å². The molecule has 2 aromatic rings. The van der Waals surface area contributed by atoms with E-state index in [2.05, 4.69) is 10.1 Å². The van der Waals surface area contributed by atoms with Crippen LogP contribution in [0.1, 0.15) is 29.1 Å². The highest BCUT2D eigenvalue weighted by Gasteiger charge is 2.36. The highest BCUT2D eigenvalue weighted by atomic mass is 19.1. The Bertz CT molecular complexity index is 940. The van der Waals surface area contributed by atoms with Crippen LogP contribution in [0.4, 0.5) is 4.39 Å². The molecule has 8 nitrogen and oxygen atoms in total. The van der Waals surface area contributed by atoms with Gasteiger partial charge in [-0.15, -0.1) is 0 Å². The molecule has 0 aliphatic carbocycles. The maximum absolute atomic E-state index is 13.3. The molecule has 0 radical (unpaired) electrons. The van der Waals surface area contributed by atoms with E-state index in [-0.39, 0.29) is 41.8 Å². The van der Waals surface area contributed by atoms with E-state index in [0.717, 1.165) is 13.1 Å². The molecule has 0 unspecified atom stereocenters. The lowest BCUT2D eigenvalue weighted by molar-refractivity contribution is -0.135. The Labute approximate surface area is 186 Å². The van der Waals surface area contributed by atoms with Crippen LogP contribution in [0.2, 0.25) is 0 Å². The third-order valence-corrected chi connectivity index (χ3v) is 6.18. The number of benzene rings is 1. The number of rotatable bonds is 5. The zero-order valence-corrected chi connectivity index (χ0v) is 18.5. The van der Waals surface area contributed by atoms with Gasteiger partial charge >= 0.3 is 0 Å². The fraction of sp³-hybridized carbons (Fsp3) is 0.522. The number of amides is 2. The highest BCUT2D eigenvalue weighted by Crippen LogP contribution is 2.28. The van der Waals surface area contributed by atoms with E-state index in [4.69, 9.17) is 9.26 Å². The Morgan fingerprint density at radius 1 is 1.12 bits per heavy atom. The van der Waals surface area contributed by atoms with Crippen LogP contribution in [0.25, 0.3) is 0 Å². The molecule has 0 bridgehead atoms. The largest absolute Gasteiger partial charge is 0.490 e. The van der Waals surface area contributed by atoms with Gasteiger partial charge in [0, 0.05) is 64.1 Å².